The molecule has 0 aliphatic heterocycles. The molecule has 0 aliphatic carbocycles. The Morgan fingerprint density at radius 1 is 0.303 bits per heavy atom. The lowest BCUT2D eigenvalue weighted by Gasteiger charge is -2.18. The van der Waals surface area contributed by atoms with E-state index in [1.807, 2.05) is 0 Å². The summed E-state index contributed by atoms with van der Waals surface area (Å²) in [6, 6.07) is 0. The van der Waals surface area contributed by atoms with Crippen LogP contribution in [0.1, 0.15) is 330 Å². The van der Waals surface area contributed by atoms with Crippen molar-refractivity contribution in [3.8, 4) is 0 Å². The van der Waals surface area contributed by atoms with Crippen molar-refractivity contribution >= 4 is 17.9 Å². The van der Waals surface area contributed by atoms with Gasteiger partial charge in [-0.05, 0) is 37.0 Å². The molecule has 3 atom stereocenters. The highest BCUT2D eigenvalue weighted by Gasteiger charge is 2.19. The van der Waals surface area contributed by atoms with E-state index in [0.717, 1.165) is 75.5 Å². The Balaban J connectivity index is 4.22. The van der Waals surface area contributed by atoms with Gasteiger partial charge in [0.05, 0.1) is 0 Å². The Bertz CT molecular complexity index is 1030. The van der Waals surface area contributed by atoms with Gasteiger partial charge in [0.15, 0.2) is 6.10 Å². The molecule has 0 radical (unpaired) electrons. The van der Waals surface area contributed by atoms with Gasteiger partial charge in [-0.25, -0.2) is 0 Å². The summed E-state index contributed by atoms with van der Waals surface area (Å²) in [6.45, 7) is 13.8. The standard InChI is InChI=1S/C60H116O6/c1-7-55(5)47-41-35-29-23-19-15-13-11-9-10-12-14-16-20-24-31-37-43-49-58(61)64-52-57(66-60(63)51-45-39-33-27-26-30-36-42-48-56(6)8-2)53-65-59(62)50-44-38-32-25-21-17-18-22-28-34-40-46-54(3)4/h54-57H,7-53H2,1-6H3/t55?,56?,57-/m0/s1. The van der Waals surface area contributed by atoms with Crippen LogP contribution in [0.15, 0.2) is 0 Å². The van der Waals surface area contributed by atoms with Crippen molar-refractivity contribution < 1.29 is 28.6 Å². The zero-order valence-corrected chi connectivity index (χ0v) is 45.5. The van der Waals surface area contributed by atoms with Crippen LogP contribution >= 0.6 is 0 Å². The van der Waals surface area contributed by atoms with Gasteiger partial charge in [-0.3, -0.25) is 14.4 Å². The highest BCUT2D eigenvalue weighted by atomic mass is 16.6. The van der Waals surface area contributed by atoms with Gasteiger partial charge in [0.25, 0.3) is 0 Å². The molecule has 0 saturated heterocycles. The lowest BCUT2D eigenvalue weighted by Crippen LogP contribution is -2.30. The van der Waals surface area contributed by atoms with Crippen molar-refractivity contribution in [1.82, 2.24) is 0 Å². The number of esters is 3. The summed E-state index contributed by atoms with van der Waals surface area (Å²) in [5, 5.41) is 0. The molecular formula is C60H116O6. The van der Waals surface area contributed by atoms with E-state index in [0.29, 0.717) is 19.3 Å². The Kier molecular flexibility index (Phi) is 50.0. The van der Waals surface area contributed by atoms with Crippen molar-refractivity contribution in [3.63, 3.8) is 0 Å². The lowest BCUT2D eigenvalue weighted by molar-refractivity contribution is -0.167. The first-order chi connectivity index (χ1) is 32.2. The Labute approximate surface area is 412 Å². The van der Waals surface area contributed by atoms with Crippen molar-refractivity contribution in [2.45, 2.75) is 337 Å². The molecule has 0 aliphatic rings. The minimum atomic E-state index is -0.764. The molecule has 0 rings (SSSR count). The second-order valence-corrected chi connectivity index (χ2v) is 21.6. The van der Waals surface area contributed by atoms with E-state index >= 15 is 0 Å². The summed E-state index contributed by atoms with van der Waals surface area (Å²) in [4.78, 5) is 38.1. The molecule has 6 nitrogen and oxygen atoms in total. The highest BCUT2D eigenvalue weighted by Crippen LogP contribution is 2.19. The van der Waals surface area contributed by atoms with E-state index < -0.39 is 6.10 Å². The maximum Gasteiger partial charge on any atom is 0.306 e. The molecule has 0 bridgehead atoms. The van der Waals surface area contributed by atoms with Crippen molar-refractivity contribution in [2.75, 3.05) is 13.2 Å². The molecular weight excluding hydrogens is 817 g/mol. The molecule has 0 spiro atoms. The van der Waals surface area contributed by atoms with Gasteiger partial charge in [0, 0.05) is 19.3 Å². The average Bonchev–Trinajstić information content (AvgIpc) is 3.30. The molecule has 0 heterocycles. The van der Waals surface area contributed by atoms with E-state index in [2.05, 4.69) is 41.5 Å². The Morgan fingerprint density at radius 3 is 0.788 bits per heavy atom. The van der Waals surface area contributed by atoms with Crippen LogP contribution in [0, 0.1) is 17.8 Å². The highest BCUT2D eigenvalue weighted by molar-refractivity contribution is 5.71. The van der Waals surface area contributed by atoms with E-state index in [1.54, 1.807) is 0 Å². The van der Waals surface area contributed by atoms with Crippen LogP contribution in [0.4, 0.5) is 0 Å². The summed E-state index contributed by atoms with van der Waals surface area (Å²) in [5.74, 6) is 1.74. The Hall–Kier alpha value is -1.59. The third-order valence-electron chi connectivity index (χ3n) is 14.4. The number of ether oxygens (including phenoxy) is 3. The minimum Gasteiger partial charge on any atom is -0.462 e. The molecule has 392 valence electrons. The van der Waals surface area contributed by atoms with Crippen LogP contribution in [0.3, 0.4) is 0 Å². The summed E-state index contributed by atoms with van der Waals surface area (Å²) >= 11 is 0. The maximum atomic E-state index is 12.8. The average molecular weight is 934 g/mol. The summed E-state index contributed by atoms with van der Waals surface area (Å²) in [5.41, 5.74) is 0. The van der Waals surface area contributed by atoms with E-state index in [1.165, 1.54) is 212 Å². The maximum absolute atomic E-state index is 12.8. The second-order valence-electron chi connectivity index (χ2n) is 21.6. The van der Waals surface area contributed by atoms with Crippen molar-refractivity contribution in [2.24, 2.45) is 17.8 Å². The lowest BCUT2D eigenvalue weighted by atomic mass is 9.99. The third kappa shape index (κ3) is 50.3. The normalized spacial score (nSPS) is 13.0. The molecule has 2 unspecified atom stereocenters. The first-order valence-electron chi connectivity index (χ1n) is 29.7. The van der Waals surface area contributed by atoms with Gasteiger partial charge in [0.2, 0.25) is 0 Å². The van der Waals surface area contributed by atoms with Gasteiger partial charge >= 0.3 is 17.9 Å². The summed E-state index contributed by atoms with van der Waals surface area (Å²) < 4.78 is 16.9. The van der Waals surface area contributed by atoms with Gasteiger partial charge in [-0.1, -0.05) is 292 Å². The van der Waals surface area contributed by atoms with E-state index in [-0.39, 0.29) is 31.1 Å². The smallest absolute Gasteiger partial charge is 0.306 e. The molecule has 6 heteroatoms. The van der Waals surface area contributed by atoms with E-state index in [9.17, 15) is 14.4 Å². The minimum absolute atomic E-state index is 0.0639. The van der Waals surface area contributed by atoms with Crippen molar-refractivity contribution in [1.29, 1.82) is 0 Å². The van der Waals surface area contributed by atoms with Crippen LogP contribution < -0.4 is 0 Å². The molecule has 0 aromatic carbocycles. The first kappa shape index (κ1) is 64.4. The predicted octanol–water partition coefficient (Wildman–Crippen LogP) is 19.5. The number of hydrogen-bond acceptors (Lipinski definition) is 6. The number of carbonyl (C=O) groups is 3. The largest absolute Gasteiger partial charge is 0.462 e. The number of hydrogen-bond donors (Lipinski definition) is 0. The fourth-order valence-electron chi connectivity index (χ4n) is 9.11. The molecule has 0 aromatic heterocycles. The zero-order valence-electron chi connectivity index (χ0n) is 45.5. The number of carbonyl (C=O) groups excluding carboxylic acids is 3. The summed E-state index contributed by atoms with van der Waals surface area (Å²) in [7, 11) is 0. The molecule has 0 N–H and O–H groups in total. The first-order valence-corrected chi connectivity index (χ1v) is 29.7. The van der Waals surface area contributed by atoms with E-state index in [4.69, 9.17) is 14.2 Å². The number of rotatable bonds is 53. The van der Waals surface area contributed by atoms with Crippen molar-refractivity contribution in [3.05, 3.63) is 0 Å². The number of unbranched alkanes of at least 4 members (excludes halogenated alkanes) is 34. The molecule has 0 saturated carbocycles. The third-order valence-corrected chi connectivity index (χ3v) is 14.4. The molecule has 66 heavy (non-hydrogen) atoms. The van der Waals surface area contributed by atoms with Crippen LogP contribution in [0.5, 0.6) is 0 Å². The molecule has 0 fully saturated rings. The van der Waals surface area contributed by atoms with Gasteiger partial charge in [-0.2, -0.15) is 0 Å². The van der Waals surface area contributed by atoms with Gasteiger partial charge < -0.3 is 14.2 Å². The second kappa shape index (κ2) is 51.3. The summed E-state index contributed by atoms with van der Waals surface area (Å²) in [6.07, 6.45) is 53.8. The monoisotopic (exact) mass is 933 g/mol. The molecule has 0 aromatic rings. The van der Waals surface area contributed by atoms with Crippen LogP contribution in [0.2, 0.25) is 0 Å². The molecule has 0 amide bonds. The predicted molar refractivity (Wildman–Crippen MR) is 284 cm³/mol. The quantitative estimate of drug-likeness (QED) is 0.0343. The fraction of sp³-hybridized carbons (Fsp3) is 0.950. The SMILES string of the molecule is CCC(C)CCCCCCCCCCCCCCCCCCCCC(=O)OC[C@@H](COC(=O)CCCCCCCCCCCCCC(C)C)OC(=O)CCCCCCCCCCC(C)CC. The zero-order chi connectivity index (χ0) is 48.4. The van der Waals surface area contributed by atoms with Gasteiger partial charge in [0.1, 0.15) is 13.2 Å². The Morgan fingerprint density at radius 2 is 0.530 bits per heavy atom. The fourth-order valence-corrected chi connectivity index (χ4v) is 9.11. The topological polar surface area (TPSA) is 78.9 Å². The van der Waals surface area contributed by atoms with Crippen LogP contribution in [-0.2, 0) is 28.6 Å². The van der Waals surface area contributed by atoms with Crippen LogP contribution in [-0.4, -0.2) is 37.2 Å². The van der Waals surface area contributed by atoms with Gasteiger partial charge in [-0.15, -0.1) is 0 Å². The van der Waals surface area contributed by atoms with Crippen LogP contribution in [0.25, 0.3) is 0 Å².